The summed E-state index contributed by atoms with van der Waals surface area (Å²) < 4.78 is 5.16. The highest BCUT2D eigenvalue weighted by Crippen LogP contribution is 2.25. The highest BCUT2D eigenvalue weighted by molar-refractivity contribution is 6.28. The molecule has 4 heteroatoms. The summed E-state index contributed by atoms with van der Waals surface area (Å²) in [5.41, 5.74) is 1.11. The second-order valence-corrected chi connectivity index (χ2v) is 3.18. The molecule has 0 saturated carbocycles. The molecule has 0 saturated heterocycles. The summed E-state index contributed by atoms with van der Waals surface area (Å²) in [4.78, 5) is 8.05. The van der Waals surface area contributed by atoms with Gasteiger partial charge in [0.05, 0.1) is 7.11 Å². The SMILES string of the molecule is C#Cc1nc(Cl)nc2c(OC)cccc12. The number of hydrogen-bond donors (Lipinski definition) is 0. The highest BCUT2D eigenvalue weighted by Gasteiger charge is 2.08. The molecule has 0 bridgehead atoms. The Balaban J connectivity index is 2.90. The van der Waals surface area contributed by atoms with Crippen LogP contribution >= 0.6 is 11.6 Å². The number of para-hydroxylation sites is 1. The van der Waals surface area contributed by atoms with Crippen LogP contribution in [0.2, 0.25) is 5.28 Å². The van der Waals surface area contributed by atoms with Crippen LogP contribution in [0.5, 0.6) is 5.75 Å². The van der Waals surface area contributed by atoms with Gasteiger partial charge in [-0.2, -0.15) is 0 Å². The second-order valence-electron chi connectivity index (χ2n) is 2.84. The number of halogens is 1. The minimum Gasteiger partial charge on any atom is -0.494 e. The summed E-state index contributed by atoms with van der Waals surface area (Å²) in [7, 11) is 1.57. The molecule has 0 aliphatic heterocycles. The molecular formula is C11H7ClN2O. The molecular weight excluding hydrogens is 212 g/mol. The summed E-state index contributed by atoms with van der Waals surface area (Å²) in [6.07, 6.45) is 5.34. The Kier molecular flexibility index (Phi) is 2.44. The molecule has 2 aromatic rings. The topological polar surface area (TPSA) is 35.0 Å². The number of benzene rings is 1. The predicted octanol–water partition coefficient (Wildman–Crippen LogP) is 2.27. The van der Waals surface area contributed by atoms with Crippen molar-refractivity contribution in [2.75, 3.05) is 7.11 Å². The van der Waals surface area contributed by atoms with Crippen LogP contribution < -0.4 is 4.74 Å². The van der Waals surface area contributed by atoms with Crippen LogP contribution in [-0.2, 0) is 0 Å². The number of rotatable bonds is 1. The van der Waals surface area contributed by atoms with Crippen LogP contribution in [-0.4, -0.2) is 17.1 Å². The van der Waals surface area contributed by atoms with E-state index in [9.17, 15) is 0 Å². The number of hydrogen-bond acceptors (Lipinski definition) is 3. The van der Waals surface area contributed by atoms with E-state index in [1.54, 1.807) is 13.2 Å². The molecule has 2 rings (SSSR count). The number of aromatic nitrogens is 2. The predicted molar refractivity (Wildman–Crippen MR) is 59.0 cm³/mol. The van der Waals surface area contributed by atoms with Crippen molar-refractivity contribution in [2.45, 2.75) is 0 Å². The van der Waals surface area contributed by atoms with Gasteiger partial charge in [0.25, 0.3) is 0 Å². The molecule has 1 aromatic heterocycles. The third-order valence-electron chi connectivity index (χ3n) is 2.02. The van der Waals surface area contributed by atoms with Gasteiger partial charge in [0.1, 0.15) is 17.0 Å². The zero-order chi connectivity index (χ0) is 10.8. The van der Waals surface area contributed by atoms with Crippen molar-refractivity contribution in [2.24, 2.45) is 0 Å². The van der Waals surface area contributed by atoms with Gasteiger partial charge < -0.3 is 4.74 Å². The van der Waals surface area contributed by atoms with Crippen molar-refractivity contribution in [3.05, 3.63) is 29.2 Å². The lowest BCUT2D eigenvalue weighted by atomic mass is 10.2. The van der Waals surface area contributed by atoms with Gasteiger partial charge in [0, 0.05) is 5.39 Å². The molecule has 1 aromatic carbocycles. The Morgan fingerprint density at radius 3 is 2.87 bits per heavy atom. The van der Waals surface area contributed by atoms with E-state index in [4.69, 9.17) is 22.8 Å². The van der Waals surface area contributed by atoms with Crippen LogP contribution in [0, 0.1) is 12.3 Å². The zero-order valence-electron chi connectivity index (χ0n) is 7.99. The third-order valence-corrected chi connectivity index (χ3v) is 2.19. The molecule has 0 N–H and O–H groups in total. The van der Waals surface area contributed by atoms with Crippen LogP contribution in [0.3, 0.4) is 0 Å². The summed E-state index contributed by atoms with van der Waals surface area (Å²) in [6.45, 7) is 0. The first-order valence-electron chi connectivity index (χ1n) is 4.23. The maximum Gasteiger partial charge on any atom is 0.224 e. The molecule has 3 nitrogen and oxygen atoms in total. The maximum atomic E-state index is 5.76. The van der Waals surface area contributed by atoms with Crippen molar-refractivity contribution in [1.82, 2.24) is 9.97 Å². The van der Waals surface area contributed by atoms with Gasteiger partial charge in [-0.25, -0.2) is 9.97 Å². The fraction of sp³-hybridized carbons (Fsp3) is 0.0909. The first-order chi connectivity index (χ1) is 7.26. The Hall–Kier alpha value is -1.79. The van der Waals surface area contributed by atoms with Gasteiger partial charge in [-0.05, 0) is 29.7 Å². The van der Waals surface area contributed by atoms with Crippen molar-refractivity contribution in [1.29, 1.82) is 0 Å². The van der Waals surface area contributed by atoms with Crippen LogP contribution in [0.1, 0.15) is 5.69 Å². The van der Waals surface area contributed by atoms with E-state index in [-0.39, 0.29) is 5.28 Å². The van der Waals surface area contributed by atoms with Crippen LogP contribution in [0.25, 0.3) is 10.9 Å². The lowest BCUT2D eigenvalue weighted by Crippen LogP contribution is -1.93. The van der Waals surface area contributed by atoms with Gasteiger partial charge in [-0.1, -0.05) is 6.07 Å². The summed E-state index contributed by atoms with van der Waals surface area (Å²) in [5, 5.41) is 0.890. The fourth-order valence-electron chi connectivity index (χ4n) is 1.37. The molecule has 0 radical (unpaired) electrons. The Labute approximate surface area is 92.1 Å². The van der Waals surface area contributed by atoms with Gasteiger partial charge in [-0.15, -0.1) is 6.42 Å². The molecule has 0 atom stereocenters. The minimum absolute atomic E-state index is 0.125. The van der Waals surface area contributed by atoms with E-state index >= 15 is 0 Å². The van der Waals surface area contributed by atoms with Gasteiger partial charge in [0.2, 0.25) is 5.28 Å². The number of ether oxygens (including phenoxy) is 1. The van der Waals surface area contributed by atoms with Crippen molar-refractivity contribution in [3.8, 4) is 18.1 Å². The summed E-state index contributed by atoms with van der Waals surface area (Å²) in [5.74, 6) is 3.10. The number of terminal acetylenes is 1. The maximum absolute atomic E-state index is 5.76. The smallest absolute Gasteiger partial charge is 0.224 e. The molecule has 0 unspecified atom stereocenters. The molecule has 0 fully saturated rings. The Morgan fingerprint density at radius 1 is 1.40 bits per heavy atom. The Morgan fingerprint density at radius 2 is 2.20 bits per heavy atom. The lowest BCUT2D eigenvalue weighted by molar-refractivity contribution is 0.419. The minimum atomic E-state index is 0.125. The van der Waals surface area contributed by atoms with Crippen LogP contribution in [0.15, 0.2) is 18.2 Å². The van der Waals surface area contributed by atoms with Crippen molar-refractivity contribution < 1.29 is 4.74 Å². The molecule has 1 heterocycles. The molecule has 0 aliphatic carbocycles. The van der Waals surface area contributed by atoms with E-state index in [0.717, 1.165) is 5.39 Å². The lowest BCUT2D eigenvalue weighted by Gasteiger charge is -2.05. The molecule has 15 heavy (non-hydrogen) atoms. The number of methoxy groups -OCH3 is 1. The van der Waals surface area contributed by atoms with E-state index in [1.165, 1.54) is 0 Å². The van der Waals surface area contributed by atoms with E-state index in [2.05, 4.69) is 15.9 Å². The van der Waals surface area contributed by atoms with Gasteiger partial charge in [-0.3, -0.25) is 0 Å². The summed E-state index contributed by atoms with van der Waals surface area (Å²) >= 11 is 5.76. The average molecular weight is 219 g/mol. The second kappa shape index (κ2) is 3.76. The summed E-state index contributed by atoms with van der Waals surface area (Å²) in [6, 6.07) is 5.47. The third kappa shape index (κ3) is 1.60. The number of nitrogens with zero attached hydrogens (tertiary/aromatic N) is 2. The normalized spacial score (nSPS) is 9.93. The molecule has 0 aliphatic rings. The average Bonchev–Trinajstić information content (AvgIpc) is 2.27. The molecule has 0 spiro atoms. The fourth-order valence-corrected chi connectivity index (χ4v) is 1.54. The quantitative estimate of drug-likeness (QED) is 0.544. The van der Waals surface area contributed by atoms with Gasteiger partial charge >= 0.3 is 0 Å². The van der Waals surface area contributed by atoms with E-state index < -0.39 is 0 Å². The van der Waals surface area contributed by atoms with Gasteiger partial charge in [0.15, 0.2) is 0 Å². The Bertz CT molecular complexity index is 560. The standard InChI is InChI=1S/C11H7ClN2O/c1-3-8-7-5-4-6-9(15-2)10(7)14-11(12)13-8/h1,4-6H,2H3. The monoisotopic (exact) mass is 218 g/mol. The largest absolute Gasteiger partial charge is 0.494 e. The van der Waals surface area contributed by atoms with E-state index in [1.807, 2.05) is 12.1 Å². The van der Waals surface area contributed by atoms with E-state index in [0.29, 0.717) is 17.0 Å². The molecule has 0 amide bonds. The first kappa shape index (κ1) is 9.75. The number of fused-ring (bicyclic) bond motifs is 1. The van der Waals surface area contributed by atoms with Crippen molar-refractivity contribution in [3.63, 3.8) is 0 Å². The zero-order valence-corrected chi connectivity index (χ0v) is 8.75. The highest BCUT2D eigenvalue weighted by atomic mass is 35.5. The van der Waals surface area contributed by atoms with Crippen LogP contribution in [0.4, 0.5) is 0 Å². The van der Waals surface area contributed by atoms with Crippen molar-refractivity contribution >= 4 is 22.5 Å². The molecule has 74 valence electrons. The first-order valence-corrected chi connectivity index (χ1v) is 4.61.